The van der Waals surface area contributed by atoms with Gasteiger partial charge in [-0.25, -0.2) is 0 Å². The number of fused-ring (bicyclic) bond motifs is 1. The van der Waals surface area contributed by atoms with Gasteiger partial charge in [0.05, 0.1) is 36.3 Å². The van der Waals surface area contributed by atoms with Crippen molar-refractivity contribution in [2.75, 3.05) is 39.4 Å². The molecule has 30 heavy (non-hydrogen) atoms. The Hall–Kier alpha value is -2.81. The van der Waals surface area contributed by atoms with Crippen molar-refractivity contribution >= 4 is 29.0 Å². The van der Waals surface area contributed by atoms with E-state index in [1.165, 1.54) is 9.47 Å². The number of rotatable bonds is 6. The number of aromatic nitrogens is 2. The molecule has 156 valence electrons. The number of benzene rings is 2. The van der Waals surface area contributed by atoms with Crippen LogP contribution in [-0.2, 0) is 4.74 Å². The van der Waals surface area contributed by atoms with Gasteiger partial charge >= 0.3 is 0 Å². The highest BCUT2D eigenvalue weighted by atomic mass is 32.1. The molecule has 1 fully saturated rings. The van der Waals surface area contributed by atoms with E-state index in [0.717, 1.165) is 39.3 Å². The number of carbonyl (C=O) groups excluding carboxylic acids is 1. The number of nitrogens with one attached hydrogen (secondary N) is 3. The maximum Gasteiger partial charge on any atom is 0.266 e. The smallest absolute Gasteiger partial charge is 0.266 e. The lowest BCUT2D eigenvalue weighted by atomic mass is 10.1. The molecule has 7 nitrogen and oxygen atoms in total. The molecule has 0 unspecified atom stereocenters. The monoisotopic (exact) mass is 425 g/mol. The first kappa shape index (κ1) is 20.5. The molecule has 1 amide bonds. The number of quaternary nitrogens is 1. The van der Waals surface area contributed by atoms with E-state index in [-0.39, 0.29) is 11.5 Å². The van der Waals surface area contributed by atoms with E-state index in [0.29, 0.717) is 33.5 Å². The van der Waals surface area contributed by atoms with Crippen molar-refractivity contribution in [2.45, 2.75) is 6.42 Å². The van der Waals surface area contributed by atoms with Gasteiger partial charge in [0.2, 0.25) is 0 Å². The van der Waals surface area contributed by atoms with Crippen LogP contribution in [0.4, 0.5) is 0 Å². The van der Waals surface area contributed by atoms with E-state index < -0.39 is 0 Å². The fourth-order valence-electron chi connectivity index (χ4n) is 3.72. The zero-order chi connectivity index (χ0) is 20.9. The summed E-state index contributed by atoms with van der Waals surface area (Å²) >= 11 is 5.40. The SMILES string of the molecule is O=C(NCCC[NH+]1CCOCC1)c1ccc2c(=O)n(-c3ccccc3)c(=S)[nH]c2c1. The molecule has 8 heteroatoms. The van der Waals surface area contributed by atoms with Gasteiger partial charge in [-0.05, 0) is 42.5 Å². The summed E-state index contributed by atoms with van der Waals surface area (Å²) in [5.41, 5.74) is 1.56. The van der Waals surface area contributed by atoms with Crippen LogP contribution in [0, 0.1) is 4.77 Å². The number of amides is 1. The van der Waals surface area contributed by atoms with Crippen LogP contribution >= 0.6 is 12.2 Å². The van der Waals surface area contributed by atoms with Gasteiger partial charge in [0.1, 0.15) is 13.1 Å². The molecule has 3 aromatic rings. The van der Waals surface area contributed by atoms with Crippen LogP contribution in [0.5, 0.6) is 0 Å². The molecule has 0 atom stereocenters. The summed E-state index contributed by atoms with van der Waals surface area (Å²) in [6, 6.07) is 14.3. The molecular weight excluding hydrogens is 400 g/mol. The van der Waals surface area contributed by atoms with Crippen LogP contribution in [0.3, 0.4) is 0 Å². The Kier molecular flexibility index (Phi) is 6.37. The van der Waals surface area contributed by atoms with Crippen LogP contribution in [0.2, 0.25) is 0 Å². The van der Waals surface area contributed by atoms with Gasteiger partial charge in [-0.15, -0.1) is 0 Å². The number of nitrogens with zero attached hydrogens (tertiary/aromatic N) is 1. The summed E-state index contributed by atoms with van der Waals surface area (Å²) in [7, 11) is 0. The maximum absolute atomic E-state index is 13.0. The minimum absolute atomic E-state index is 0.152. The number of para-hydroxylation sites is 1. The molecule has 1 aliphatic rings. The highest BCUT2D eigenvalue weighted by molar-refractivity contribution is 7.71. The third kappa shape index (κ3) is 4.51. The second-order valence-electron chi connectivity index (χ2n) is 7.39. The van der Waals surface area contributed by atoms with Crippen LogP contribution < -0.4 is 15.8 Å². The normalized spacial score (nSPS) is 14.7. The summed E-state index contributed by atoms with van der Waals surface area (Å²) in [6.45, 7) is 5.31. The summed E-state index contributed by atoms with van der Waals surface area (Å²) < 4.78 is 7.12. The zero-order valence-corrected chi connectivity index (χ0v) is 17.5. The standard InChI is InChI=1S/C22H24N4O3S/c27-20(23-9-4-10-25-11-13-29-14-12-25)16-7-8-18-19(15-16)24-22(30)26(21(18)28)17-5-2-1-3-6-17/h1-3,5-8,15H,4,9-14H2,(H,23,27)(H,24,30)/p+1. The van der Waals surface area contributed by atoms with E-state index in [1.54, 1.807) is 18.2 Å². The molecule has 1 saturated heterocycles. The van der Waals surface area contributed by atoms with Gasteiger partial charge in [0, 0.05) is 18.5 Å². The Morgan fingerprint density at radius 3 is 2.70 bits per heavy atom. The predicted octanol–water partition coefficient (Wildman–Crippen LogP) is 1.08. The molecule has 4 rings (SSSR count). The number of H-pyrrole nitrogens is 1. The quantitative estimate of drug-likeness (QED) is 0.408. The first-order valence-corrected chi connectivity index (χ1v) is 10.6. The molecule has 2 heterocycles. The maximum atomic E-state index is 13.0. The van der Waals surface area contributed by atoms with Crippen molar-refractivity contribution in [1.29, 1.82) is 0 Å². The summed E-state index contributed by atoms with van der Waals surface area (Å²) in [5, 5.41) is 3.45. The molecule has 0 spiro atoms. The number of morpholine rings is 1. The van der Waals surface area contributed by atoms with Gasteiger partial charge in [0.25, 0.3) is 11.5 Å². The number of hydrogen-bond donors (Lipinski definition) is 3. The number of hydrogen-bond acceptors (Lipinski definition) is 4. The minimum atomic E-state index is -0.208. The van der Waals surface area contributed by atoms with E-state index in [4.69, 9.17) is 17.0 Å². The lowest BCUT2D eigenvalue weighted by molar-refractivity contribution is -0.908. The molecule has 2 aromatic carbocycles. The van der Waals surface area contributed by atoms with Gasteiger partial charge in [-0.3, -0.25) is 14.2 Å². The lowest BCUT2D eigenvalue weighted by Crippen LogP contribution is -3.14. The molecule has 0 aliphatic carbocycles. The molecule has 3 N–H and O–H groups in total. The van der Waals surface area contributed by atoms with Crippen LogP contribution in [-0.4, -0.2) is 54.9 Å². The Bertz CT molecular complexity index is 1150. The van der Waals surface area contributed by atoms with Crippen LogP contribution in [0.15, 0.2) is 53.3 Å². The third-order valence-electron chi connectivity index (χ3n) is 5.37. The van der Waals surface area contributed by atoms with Gasteiger partial charge in [0.15, 0.2) is 4.77 Å². The van der Waals surface area contributed by atoms with E-state index >= 15 is 0 Å². The zero-order valence-electron chi connectivity index (χ0n) is 16.6. The van der Waals surface area contributed by atoms with Gasteiger partial charge in [-0.2, -0.15) is 0 Å². The fraction of sp³-hybridized carbons (Fsp3) is 0.318. The van der Waals surface area contributed by atoms with Crippen molar-refractivity contribution in [3.8, 4) is 5.69 Å². The number of aromatic amines is 1. The summed E-state index contributed by atoms with van der Waals surface area (Å²) in [4.78, 5) is 30.1. The molecule has 0 bridgehead atoms. The van der Waals surface area contributed by atoms with Crippen LogP contribution in [0.1, 0.15) is 16.8 Å². The van der Waals surface area contributed by atoms with Crippen LogP contribution in [0.25, 0.3) is 16.6 Å². The topological polar surface area (TPSA) is 80.6 Å². The fourth-order valence-corrected chi connectivity index (χ4v) is 4.02. The number of carbonyl (C=O) groups is 1. The minimum Gasteiger partial charge on any atom is -0.370 e. The number of ether oxygens (including phenoxy) is 1. The lowest BCUT2D eigenvalue weighted by Gasteiger charge is -2.23. The molecule has 1 aromatic heterocycles. The first-order chi connectivity index (χ1) is 14.6. The van der Waals surface area contributed by atoms with E-state index in [9.17, 15) is 9.59 Å². The van der Waals surface area contributed by atoms with Crippen molar-refractivity contribution < 1.29 is 14.4 Å². The highest BCUT2D eigenvalue weighted by Crippen LogP contribution is 2.13. The Morgan fingerprint density at radius 2 is 1.93 bits per heavy atom. The third-order valence-corrected chi connectivity index (χ3v) is 5.65. The predicted molar refractivity (Wildman–Crippen MR) is 118 cm³/mol. The second kappa shape index (κ2) is 9.34. The average Bonchev–Trinajstić information content (AvgIpc) is 2.77. The Morgan fingerprint density at radius 1 is 1.17 bits per heavy atom. The van der Waals surface area contributed by atoms with Gasteiger partial charge < -0.3 is 19.9 Å². The van der Waals surface area contributed by atoms with Crippen molar-refractivity contribution in [3.63, 3.8) is 0 Å². The molecular formula is C22H25N4O3S+. The summed E-state index contributed by atoms with van der Waals surface area (Å²) in [5.74, 6) is -0.152. The molecule has 0 radical (unpaired) electrons. The second-order valence-corrected chi connectivity index (χ2v) is 7.78. The van der Waals surface area contributed by atoms with Gasteiger partial charge in [-0.1, -0.05) is 18.2 Å². The van der Waals surface area contributed by atoms with Crippen molar-refractivity contribution in [1.82, 2.24) is 14.9 Å². The largest absolute Gasteiger partial charge is 0.370 e. The van der Waals surface area contributed by atoms with Crippen molar-refractivity contribution in [3.05, 3.63) is 69.2 Å². The summed E-state index contributed by atoms with van der Waals surface area (Å²) in [6.07, 6.45) is 0.916. The van der Waals surface area contributed by atoms with Crippen molar-refractivity contribution in [2.24, 2.45) is 0 Å². The Labute approximate surface area is 179 Å². The Balaban J connectivity index is 1.47. The first-order valence-electron chi connectivity index (χ1n) is 10.2. The van der Waals surface area contributed by atoms with E-state index in [2.05, 4.69) is 10.3 Å². The van der Waals surface area contributed by atoms with E-state index in [1.807, 2.05) is 30.3 Å². The molecule has 0 saturated carbocycles. The highest BCUT2D eigenvalue weighted by Gasteiger charge is 2.14. The average molecular weight is 426 g/mol. The molecule has 1 aliphatic heterocycles.